The fourth-order valence-corrected chi connectivity index (χ4v) is 2.72. The molecule has 0 bridgehead atoms. The molecule has 1 aliphatic heterocycles. The third kappa shape index (κ3) is 2.01. The molecule has 1 heterocycles. The van der Waals surface area contributed by atoms with Gasteiger partial charge in [0.15, 0.2) is 0 Å². The summed E-state index contributed by atoms with van der Waals surface area (Å²) >= 11 is 0. The van der Waals surface area contributed by atoms with Gasteiger partial charge in [-0.15, -0.1) is 0 Å². The first-order valence-electron chi connectivity index (χ1n) is 7.01. The van der Waals surface area contributed by atoms with Crippen LogP contribution in [-0.2, 0) is 0 Å². The van der Waals surface area contributed by atoms with Crippen molar-refractivity contribution in [3.63, 3.8) is 0 Å². The average molecular weight is 270 g/mol. The molecular formula is C19H14N2. The first-order valence-corrected chi connectivity index (χ1v) is 7.01. The molecule has 0 unspecified atom stereocenters. The van der Waals surface area contributed by atoms with Crippen molar-refractivity contribution < 1.29 is 0 Å². The molecule has 2 nitrogen and oxygen atoms in total. The predicted octanol–water partition coefficient (Wildman–Crippen LogP) is 4.99. The van der Waals surface area contributed by atoms with Gasteiger partial charge in [0.25, 0.3) is 0 Å². The van der Waals surface area contributed by atoms with Crippen LogP contribution in [0.3, 0.4) is 0 Å². The molecule has 4 rings (SSSR count). The zero-order chi connectivity index (χ0) is 14.1. The second-order valence-corrected chi connectivity index (χ2v) is 4.99. The van der Waals surface area contributed by atoms with Crippen LogP contribution < -0.4 is 5.01 Å². The van der Waals surface area contributed by atoms with Crippen LogP contribution in [-0.4, -0.2) is 6.21 Å². The Morgan fingerprint density at radius 1 is 0.714 bits per heavy atom. The van der Waals surface area contributed by atoms with E-state index in [0.29, 0.717) is 0 Å². The summed E-state index contributed by atoms with van der Waals surface area (Å²) in [5.41, 5.74) is 3.36. The van der Waals surface area contributed by atoms with Crippen molar-refractivity contribution in [3.05, 3.63) is 78.4 Å². The van der Waals surface area contributed by atoms with Crippen LogP contribution in [0.5, 0.6) is 0 Å². The molecule has 0 saturated heterocycles. The van der Waals surface area contributed by atoms with Crippen molar-refractivity contribution in [2.24, 2.45) is 5.10 Å². The Morgan fingerprint density at radius 2 is 1.48 bits per heavy atom. The van der Waals surface area contributed by atoms with Crippen LogP contribution in [0.2, 0.25) is 0 Å². The Balaban J connectivity index is 1.98. The minimum Gasteiger partial charge on any atom is -0.233 e. The van der Waals surface area contributed by atoms with E-state index < -0.39 is 0 Å². The van der Waals surface area contributed by atoms with Gasteiger partial charge in [0.1, 0.15) is 0 Å². The first-order chi connectivity index (χ1) is 10.4. The summed E-state index contributed by atoms with van der Waals surface area (Å²) in [6, 6.07) is 23.0. The Morgan fingerprint density at radius 3 is 2.48 bits per heavy atom. The Hall–Kier alpha value is -2.87. The number of para-hydroxylation sites is 1. The van der Waals surface area contributed by atoms with E-state index >= 15 is 0 Å². The van der Waals surface area contributed by atoms with E-state index in [4.69, 9.17) is 0 Å². The number of fused-ring (bicyclic) bond motifs is 2. The van der Waals surface area contributed by atoms with Crippen LogP contribution in [0.25, 0.3) is 16.8 Å². The highest BCUT2D eigenvalue weighted by Crippen LogP contribution is 2.35. The number of hydrazone groups is 1. The lowest BCUT2D eigenvalue weighted by molar-refractivity contribution is 1.10. The van der Waals surface area contributed by atoms with Crippen LogP contribution in [0.1, 0.15) is 5.56 Å². The molecule has 0 aromatic heterocycles. The standard InChI is InChI=1S/C19H14N2/c1-3-11-17-15(7-1)9-5-13-19(17)21-18-12-4-2-8-16(18)10-6-14-20-21/h1-14H. The van der Waals surface area contributed by atoms with E-state index in [1.54, 1.807) is 0 Å². The summed E-state index contributed by atoms with van der Waals surface area (Å²) in [7, 11) is 0. The van der Waals surface area contributed by atoms with Gasteiger partial charge in [-0.2, -0.15) is 5.10 Å². The number of nitrogens with zero attached hydrogens (tertiary/aromatic N) is 2. The zero-order valence-corrected chi connectivity index (χ0v) is 11.5. The van der Waals surface area contributed by atoms with Gasteiger partial charge in [-0.25, -0.2) is 5.01 Å². The fourth-order valence-electron chi connectivity index (χ4n) is 2.72. The maximum absolute atomic E-state index is 4.61. The number of hydrogen-bond donors (Lipinski definition) is 0. The molecule has 1 aliphatic rings. The van der Waals surface area contributed by atoms with Crippen molar-refractivity contribution >= 4 is 34.4 Å². The summed E-state index contributed by atoms with van der Waals surface area (Å²) < 4.78 is 0. The van der Waals surface area contributed by atoms with Crippen molar-refractivity contribution in [1.82, 2.24) is 0 Å². The molecule has 0 radical (unpaired) electrons. The van der Waals surface area contributed by atoms with E-state index in [9.17, 15) is 0 Å². The van der Waals surface area contributed by atoms with E-state index in [2.05, 4.69) is 71.8 Å². The highest BCUT2D eigenvalue weighted by molar-refractivity contribution is 5.98. The Kier molecular flexibility index (Phi) is 2.79. The van der Waals surface area contributed by atoms with Crippen LogP contribution in [0.4, 0.5) is 11.4 Å². The topological polar surface area (TPSA) is 15.6 Å². The fraction of sp³-hybridized carbons (Fsp3) is 0. The van der Waals surface area contributed by atoms with Gasteiger partial charge in [0, 0.05) is 17.2 Å². The molecule has 0 fully saturated rings. The van der Waals surface area contributed by atoms with Gasteiger partial charge >= 0.3 is 0 Å². The van der Waals surface area contributed by atoms with E-state index in [1.807, 2.05) is 23.4 Å². The Labute approximate surface area is 123 Å². The van der Waals surface area contributed by atoms with Crippen LogP contribution >= 0.6 is 0 Å². The molecule has 2 heteroatoms. The average Bonchev–Trinajstić information content (AvgIpc) is 2.77. The summed E-state index contributed by atoms with van der Waals surface area (Å²) in [5.74, 6) is 0. The van der Waals surface area contributed by atoms with Crippen LogP contribution in [0.15, 0.2) is 77.9 Å². The SMILES string of the molecule is C1=Cc2ccccc2N(c2cccc3ccccc23)N=C1. The molecule has 3 aromatic carbocycles. The summed E-state index contributed by atoms with van der Waals surface area (Å²) in [6.07, 6.45) is 5.90. The van der Waals surface area contributed by atoms with Crippen molar-refractivity contribution in [3.8, 4) is 0 Å². The van der Waals surface area contributed by atoms with E-state index in [0.717, 1.165) is 11.4 Å². The number of benzene rings is 3. The monoisotopic (exact) mass is 270 g/mol. The lowest BCUT2D eigenvalue weighted by atomic mass is 10.1. The number of allylic oxidation sites excluding steroid dienone is 1. The van der Waals surface area contributed by atoms with Gasteiger partial charge in [-0.1, -0.05) is 60.7 Å². The van der Waals surface area contributed by atoms with E-state index in [1.165, 1.54) is 16.3 Å². The van der Waals surface area contributed by atoms with Gasteiger partial charge in [0.2, 0.25) is 0 Å². The van der Waals surface area contributed by atoms with Gasteiger partial charge < -0.3 is 0 Å². The van der Waals surface area contributed by atoms with Crippen molar-refractivity contribution in [2.75, 3.05) is 5.01 Å². The highest BCUT2D eigenvalue weighted by atomic mass is 15.5. The van der Waals surface area contributed by atoms with Crippen molar-refractivity contribution in [1.29, 1.82) is 0 Å². The molecule has 0 saturated carbocycles. The molecule has 21 heavy (non-hydrogen) atoms. The number of rotatable bonds is 1. The molecular weight excluding hydrogens is 256 g/mol. The lowest BCUT2D eigenvalue weighted by Gasteiger charge is -2.21. The quantitative estimate of drug-likeness (QED) is 0.608. The normalized spacial score (nSPS) is 13.2. The number of hydrogen-bond acceptors (Lipinski definition) is 2. The molecule has 100 valence electrons. The maximum Gasteiger partial charge on any atom is 0.0731 e. The van der Waals surface area contributed by atoms with Crippen LogP contribution in [0, 0.1) is 0 Å². The van der Waals surface area contributed by atoms with E-state index in [-0.39, 0.29) is 0 Å². The molecule has 0 atom stereocenters. The van der Waals surface area contributed by atoms with Crippen molar-refractivity contribution in [2.45, 2.75) is 0 Å². The van der Waals surface area contributed by atoms with Gasteiger partial charge in [0.05, 0.1) is 11.4 Å². The smallest absolute Gasteiger partial charge is 0.0731 e. The Bertz CT molecular complexity index is 857. The summed E-state index contributed by atoms with van der Waals surface area (Å²) in [4.78, 5) is 0. The van der Waals surface area contributed by atoms with Gasteiger partial charge in [-0.3, -0.25) is 0 Å². The molecule has 0 amide bonds. The lowest BCUT2D eigenvalue weighted by Crippen LogP contribution is -2.09. The molecule has 0 spiro atoms. The zero-order valence-electron chi connectivity index (χ0n) is 11.5. The minimum atomic E-state index is 1.10. The third-order valence-electron chi connectivity index (χ3n) is 3.70. The minimum absolute atomic E-state index is 1.10. The second kappa shape index (κ2) is 4.91. The maximum atomic E-state index is 4.61. The summed E-state index contributed by atoms with van der Waals surface area (Å²) in [5, 5.41) is 9.04. The molecule has 0 aliphatic carbocycles. The van der Waals surface area contributed by atoms with Gasteiger partial charge in [-0.05, 0) is 23.6 Å². The number of anilines is 2. The second-order valence-electron chi connectivity index (χ2n) is 4.99. The molecule has 3 aromatic rings. The predicted molar refractivity (Wildman–Crippen MR) is 90.1 cm³/mol. The third-order valence-corrected chi connectivity index (χ3v) is 3.70. The molecule has 0 N–H and O–H groups in total. The first kappa shape index (κ1) is 11.9. The largest absolute Gasteiger partial charge is 0.233 e. The summed E-state index contributed by atoms with van der Waals surface area (Å²) in [6.45, 7) is 0. The highest BCUT2D eigenvalue weighted by Gasteiger charge is 2.14.